The van der Waals surface area contributed by atoms with Gasteiger partial charge in [-0.15, -0.1) is 0 Å². The quantitative estimate of drug-likeness (QED) is 0.279. The van der Waals surface area contributed by atoms with E-state index in [0.29, 0.717) is 16.6 Å². The van der Waals surface area contributed by atoms with Crippen molar-refractivity contribution in [3.63, 3.8) is 0 Å². The second kappa shape index (κ2) is 10.6. The molecule has 4 aromatic rings. The standard InChI is InChI=1S/C25H24N4O2S/c1-31-20-11-7-10-19(16-20)27-23(30)17-32-25-28-22-13-6-5-12-21(22)24(29-25)26-15-14-18-8-3-2-4-9-18/h2-13,16H,14-15,17H2,1H3,(H,27,30)(H,26,28,29). The summed E-state index contributed by atoms with van der Waals surface area (Å²) in [4.78, 5) is 21.7. The van der Waals surface area contributed by atoms with E-state index >= 15 is 0 Å². The van der Waals surface area contributed by atoms with Gasteiger partial charge in [-0.2, -0.15) is 0 Å². The Labute approximate surface area is 191 Å². The number of para-hydroxylation sites is 1. The Balaban J connectivity index is 1.42. The van der Waals surface area contributed by atoms with E-state index in [1.807, 2.05) is 60.7 Å². The maximum atomic E-state index is 12.4. The third kappa shape index (κ3) is 5.76. The van der Waals surface area contributed by atoms with E-state index in [4.69, 9.17) is 4.74 Å². The number of hydrogen-bond donors (Lipinski definition) is 2. The molecule has 0 radical (unpaired) electrons. The monoisotopic (exact) mass is 444 g/mol. The molecule has 3 aromatic carbocycles. The summed E-state index contributed by atoms with van der Waals surface area (Å²) in [5, 5.41) is 7.84. The Morgan fingerprint density at radius 2 is 1.78 bits per heavy atom. The molecular formula is C25H24N4O2S. The number of carbonyl (C=O) groups is 1. The van der Waals surface area contributed by atoms with Gasteiger partial charge >= 0.3 is 0 Å². The van der Waals surface area contributed by atoms with E-state index in [0.717, 1.165) is 29.7 Å². The number of ether oxygens (including phenoxy) is 1. The summed E-state index contributed by atoms with van der Waals surface area (Å²) in [5.74, 6) is 1.55. The largest absolute Gasteiger partial charge is 0.497 e. The molecule has 0 saturated carbocycles. The van der Waals surface area contributed by atoms with Crippen molar-refractivity contribution in [2.24, 2.45) is 0 Å². The number of nitrogens with zero attached hydrogens (tertiary/aromatic N) is 2. The maximum Gasteiger partial charge on any atom is 0.234 e. The van der Waals surface area contributed by atoms with Gasteiger partial charge in [0.15, 0.2) is 5.16 Å². The van der Waals surface area contributed by atoms with Gasteiger partial charge in [0.05, 0.1) is 18.4 Å². The highest BCUT2D eigenvalue weighted by molar-refractivity contribution is 7.99. The van der Waals surface area contributed by atoms with Crippen LogP contribution < -0.4 is 15.4 Å². The first kappa shape index (κ1) is 21.6. The highest BCUT2D eigenvalue weighted by Crippen LogP contribution is 2.25. The lowest BCUT2D eigenvalue weighted by Crippen LogP contribution is -2.14. The van der Waals surface area contributed by atoms with Gasteiger partial charge in [0.25, 0.3) is 0 Å². The molecule has 6 nitrogen and oxygen atoms in total. The van der Waals surface area contributed by atoms with Gasteiger partial charge in [-0.25, -0.2) is 9.97 Å². The Kier molecular flexibility index (Phi) is 7.19. The van der Waals surface area contributed by atoms with Crippen molar-refractivity contribution in [3.05, 3.63) is 84.4 Å². The molecule has 0 unspecified atom stereocenters. The second-order valence-electron chi connectivity index (χ2n) is 7.10. The van der Waals surface area contributed by atoms with Crippen LogP contribution in [0.4, 0.5) is 11.5 Å². The van der Waals surface area contributed by atoms with Crippen molar-refractivity contribution in [2.75, 3.05) is 30.0 Å². The fourth-order valence-electron chi connectivity index (χ4n) is 3.25. The van der Waals surface area contributed by atoms with Crippen LogP contribution in [-0.2, 0) is 11.2 Å². The SMILES string of the molecule is COc1cccc(NC(=O)CSc2nc(NCCc3ccccc3)c3ccccc3n2)c1. The van der Waals surface area contributed by atoms with Gasteiger partial charge in [0.2, 0.25) is 5.91 Å². The Morgan fingerprint density at radius 1 is 0.969 bits per heavy atom. The van der Waals surface area contributed by atoms with Crippen LogP contribution in [0.25, 0.3) is 10.9 Å². The van der Waals surface area contributed by atoms with Crippen molar-refractivity contribution in [2.45, 2.75) is 11.6 Å². The number of aromatic nitrogens is 2. The Hall–Kier alpha value is -3.58. The minimum absolute atomic E-state index is 0.126. The molecule has 4 rings (SSSR count). The number of benzene rings is 3. The average Bonchev–Trinajstić information content (AvgIpc) is 2.83. The number of thioether (sulfide) groups is 1. The number of methoxy groups -OCH3 is 1. The number of hydrogen-bond acceptors (Lipinski definition) is 6. The molecular weight excluding hydrogens is 420 g/mol. The first-order chi connectivity index (χ1) is 15.7. The molecule has 0 saturated heterocycles. The molecule has 1 amide bonds. The van der Waals surface area contributed by atoms with Gasteiger partial charge < -0.3 is 15.4 Å². The molecule has 0 aliphatic carbocycles. The van der Waals surface area contributed by atoms with Gasteiger partial charge in [-0.05, 0) is 36.2 Å². The summed E-state index contributed by atoms with van der Waals surface area (Å²) in [7, 11) is 1.60. The highest BCUT2D eigenvalue weighted by atomic mass is 32.2. The Morgan fingerprint density at radius 3 is 2.62 bits per heavy atom. The summed E-state index contributed by atoms with van der Waals surface area (Å²) in [6.45, 7) is 0.755. The van der Waals surface area contributed by atoms with Crippen molar-refractivity contribution in [1.29, 1.82) is 0 Å². The van der Waals surface area contributed by atoms with E-state index in [1.54, 1.807) is 13.2 Å². The first-order valence-corrected chi connectivity index (χ1v) is 11.3. The molecule has 7 heteroatoms. The van der Waals surface area contributed by atoms with E-state index in [1.165, 1.54) is 17.3 Å². The lowest BCUT2D eigenvalue weighted by atomic mass is 10.1. The maximum absolute atomic E-state index is 12.4. The molecule has 1 heterocycles. The van der Waals surface area contributed by atoms with Crippen molar-refractivity contribution in [3.8, 4) is 5.75 Å². The topological polar surface area (TPSA) is 76.1 Å². The summed E-state index contributed by atoms with van der Waals surface area (Å²) < 4.78 is 5.20. The molecule has 0 spiro atoms. The second-order valence-corrected chi connectivity index (χ2v) is 8.05. The van der Waals surface area contributed by atoms with Crippen LogP contribution in [0.2, 0.25) is 0 Å². The zero-order valence-electron chi connectivity index (χ0n) is 17.7. The van der Waals surface area contributed by atoms with E-state index < -0.39 is 0 Å². The summed E-state index contributed by atoms with van der Waals surface area (Å²) >= 11 is 1.31. The van der Waals surface area contributed by atoms with Crippen LogP contribution >= 0.6 is 11.8 Å². The summed E-state index contributed by atoms with van der Waals surface area (Å²) in [6.07, 6.45) is 0.893. The molecule has 1 aromatic heterocycles. The number of fused-ring (bicyclic) bond motifs is 1. The zero-order valence-corrected chi connectivity index (χ0v) is 18.6. The molecule has 0 fully saturated rings. The smallest absolute Gasteiger partial charge is 0.234 e. The Bertz CT molecular complexity index is 1200. The van der Waals surface area contributed by atoms with Crippen LogP contribution in [0, 0.1) is 0 Å². The highest BCUT2D eigenvalue weighted by Gasteiger charge is 2.11. The van der Waals surface area contributed by atoms with Crippen LogP contribution in [0.5, 0.6) is 5.75 Å². The fourth-order valence-corrected chi connectivity index (χ4v) is 3.90. The molecule has 2 N–H and O–H groups in total. The molecule has 162 valence electrons. The minimum atomic E-state index is -0.126. The van der Waals surface area contributed by atoms with Crippen LogP contribution in [0.15, 0.2) is 84.0 Å². The van der Waals surface area contributed by atoms with Crippen LogP contribution in [0.1, 0.15) is 5.56 Å². The molecule has 0 aliphatic rings. The molecule has 0 aliphatic heterocycles. The van der Waals surface area contributed by atoms with Crippen molar-refractivity contribution < 1.29 is 9.53 Å². The lowest BCUT2D eigenvalue weighted by molar-refractivity contribution is -0.113. The predicted molar refractivity (Wildman–Crippen MR) is 131 cm³/mol. The zero-order chi connectivity index (χ0) is 22.2. The van der Waals surface area contributed by atoms with E-state index in [2.05, 4.69) is 32.7 Å². The third-order valence-electron chi connectivity index (χ3n) is 4.82. The van der Waals surface area contributed by atoms with E-state index in [-0.39, 0.29) is 11.7 Å². The van der Waals surface area contributed by atoms with Crippen LogP contribution in [-0.4, -0.2) is 35.3 Å². The number of nitrogens with one attached hydrogen (secondary N) is 2. The number of amides is 1. The minimum Gasteiger partial charge on any atom is -0.497 e. The first-order valence-electron chi connectivity index (χ1n) is 10.3. The van der Waals surface area contributed by atoms with Gasteiger partial charge in [0, 0.05) is 23.7 Å². The van der Waals surface area contributed by atoms with Crippen molar-refractivity contribution >= 4 is 40.1 Å². The number of rotatable bonds is 9. The number of carbonyl (C=O) groups excluding carboxylic acids is 1. The van der Waals surface area contributed by atoms with Gasteiger partial charge in [-0.1, -0.05) is 60.3 Å². The predicted octanol–water partition coefficient (Wildman–Crippen LogP) is 5.02. The summed E-state index contributed by atoms with van der Waals surface area (Å²) in [5.41, 5.74) is 2.81. The average molecular weight is 445 g/mol. The van der Waals surface area contributed by atoms with Gasteiger partial charge in [0.1, 0.15) is 11.6 Å². The molecule has 0 bridgehead atoms. The van der Waals surface area contributed by atoms with Gasteiger partial charge in [-0.3, -0.25) is 4.79 Å². The number of anilines is 2. The lowest BCUT2D eigenvalue weighted by Gasteiger charge is -2.11. The molecule has 32 heavy (non-hydrogen) atoms. The summed E-state index contributed by atoms with van der Waals surface area (Å²) in [6, 6.07) is 25.5. The van der Waals surface area contributed by atoms with Crippen molar-refractivity contribution in [1.82, 2.24) is 9.97 Å². The fraction of sp³-hybridized carbons (Fsp3) is 0.160. The normalized spacial score (nSPS) is 10.7. The molecule has 0 atom stereocenters. The third-order valence-corrected chi connectivity index (χ3v) is 5.66. The van der Waals surface area contributed by atoms with E-state index in [9.17, 15) is 4.79 Å². The van der Waals surface area contributed by atoms with Crippen LogP contribution in [0.3, 0.4) is 0 Å².